The minimum Gasteiger partial charge on any atom is -0.492 e. The first-order valence-electron chi connectivity index (χ1n) is 10.3. The van der Waals surface area contributed by atoms with E-state index in [0.717, 1.165) is 11.8 Å². The van der Waals surface area contributed by atoms with Gasteiger partial charge in [0.05, 0.1) is 35.2 Å². The van der Waals surface area contributed by atoms with E-state index in [4.69, 9.17) is 14.2 Å². The minimum atomic E-state index is -0.428. The van der Waals surface area contributed by atoms with Gasteiger partial charge in [-0.05, 0) is 49.4 Å². The molecule has 34 heavy (non-hydrogen) atoms. The van der Waals surface area contributed by atoms with Crippen molar-refractivity contribution in [3.8, 4) is 23.3 Å². The van der Waals surface area contributed by atoms with Gasteiger partial charge in [0.2, 0.25) is 12.7 Å². The number of nitrogens with zero attached hydrogens (tertiary/aromatic N) is 2. The number of rotatable bonds is 8. The normalized spacial score (nSPS) is 11.4. The van der Waals surface area contributed by atoms with Crippen LogP contribution in [0.2, 0.25) is 0 Å². The Hall–Kier alpha value is -4.23. The fourth-order valence-corrected chi connectivity index (χ4v) is 3.94. The van der Waals surface area contributed by atoms with Crippen LogP contribution in [0.5, 0.6) is 17.2 Å². The number of pyridine rings is 1. The van der Waals surface area contributed by atoms with Crippen LogP contribution in [-0.4, -0.2) is 36.0 Å². The van der Waals surface area contributed by atoms with Crippen molar-refractivity contribution in [2.45, 2.75) is 11.9 Å². The first-order chi connectivity index (χ1) is 16.6. The highest BCUT2D eigenvalue weighted by Crippen LogP contribution is 2.34. The van der Waals surface area contributed by atoms with Gasteiger partial charge in [-0.15, -0.1) is 0 Å². The van der Waals surface area contributed by atoms with Crippen molar-refractivity contribution in [1.82, 2.24) is 4.98 Å². The minimum absolute atomic E-state index is 0.0415. The zero-order chi connectivity index (χ0) is 23.9. The highest BCUT2D eigenvalue weighted by atomic mass is 32.2. The van der Waals surface area contributed by atoms with Gasteiger partial charge in [0.1, 0.15) is 10.8 Å². The number of carbonyl (C=O) groups is 2. The fraction of sp³-hybridized carbons (Fsp3) is 0.167. The van der Waals surface area contributed by atoms with E-state index >= 15 is 0 Å². The molecule has 172 valence electrons. The molecule has 4 rings (SSSR count). The molecule has 10 heteroatoms. The number of nitriles is 1. The Morgan fingerprint density at radius 2 is 2.00 bits per heavy atom. The monoisotopic (exact) mass is 476 g/mol. The summed E-state index contributed by atoms with van der Waals surface area (Å²) in [6, 6.07) is 15.2. The number of nitrogens with one attached hydrogen (secondary N) is 2. The quantitative estimate of drug-likeness (QED) is 0.467. The van der Waals surface area contributed by atoms with E-state index in [9.17, 15) is 14.9 Å². The zero-order valence-electron chi connectivity index (χ0n) is 18.2. The van der Waals surface area contributed by atoms with Gasteiger partial charge in [-0.3, -0.25) is 9.59 Å². The first-order valence-corrected chi connectivity index (χ1v) is 11.3. The lowest BCUT2D eigenvalue weighted by atomic mass is 10.2. The number of carbonyl (C=O) groups excluding carboxylic acids is 2. The van der Waals surface area contributed by atoms with E-state index in [0.29, 0.717) is 51.4 Å². The van der Waals surface area contributed by atoms with Crippen LogP contribution in [0.25, 0.3) is 0 Å². The molecule has 0 aliphatic carbocycles. The molecule has 1 aliphatic rings. The molecule has 2 heterocycles. The summed E-state index contributed by atoms with van der Waals surface area (Å²) in [4.78, 5) is 29.7. The summed E-state index contributed by atoms with van der Waals surface area (Å²) in [5.74, 6) is 1.00. The fourth-order valence-electron chi connectivity index (χ4n) is 3.15. The topological polar surface area (TPSA) is 123 Å². The Labute approximate surface area is 200 Å². The van der Waals surface area contributed by atoms with E-state index in [1.807, 2.05) is 13.0 Å². The molecule has 1 aromatic heterocycles. The Morgan fingerprint density at radius 1 is 1.15 bits per heavy atom. The number of thioether (sulfide) groups is 1. The predicted molar refractivity (Wildman–Crippen MR) is 126 cm³/mol. The molecule has 1 aliphatic heterocycles. The zero-order valence-corrected chi connectivity index (χ0v) is 19.0. The maximum Gasteiger partial charge on any atom is 0.258 e. The lowest BCUT2D eigenvalue weighted by Gasteiger charge is -2.13. The van der Waals surface area contributed by atoms with Crippen molar-refractivity contribution in [1.29, 1.82) is 5.26 Å². The molecule has 9 nitrogen and oxygen atoms in total. The standard InChI is InChI=1S/C24H20N4O5S/c1-2-31-19-7-5-15(12-25)10-18(19)28-23(30)17-4-3-9-26-24(17)34-13-22(29)27-16-6-8-20-21(11-16)33-14-32-20/h3-11H,2,13-14H2,1H3,(H,27,29)(H,28,30). The summed E-state index contributed by atoms with van der Waals surface area (Å²) in [5.41, 5.74) is 1.65. The second-order valence-corrected chi connectivity index (χ2v) is 7.93. The van der Waals surface area contributed by atoms with Crippen LogP contribution >= 0.6 is 11.8 Å². The van der Waals surface area contributed by atoms with Gasteiger partial charge in [0.15, 0.2) is 11.5 Å². The third-order valence-corrected chi connectivity index (χ3v) is 5.67. The highest BCUT2D eigenvalue weighted by molar-refractivity contribution is 8.00. The Balaban J connectivity index is 1.43. The second kappa shape index (κ2) is 10.6. The molecule has 2 N–H and O–H groups in total. The van der Waals surface area contributed by atoms with Gasteiger partial charge in [0.25, 0.3) is 5.91 Å². The molecule has 0 saturated heterocycles. The lowest BCUT2D eigenvalue weighted by Crippen LogP contribution is -2.17. The molecular weight excluding hydrogens is 456 g/mol. The van der Waals surface area contributed by atoms with Crippen molar-refractivity contribution in [3.63, 3.8) is 0 Å². The first kappa shape index (κ1) is 22.9. The Kier molecular flexibility index (Phi) is 7.15. The van der Waals surface area contributed by atoms with Gasteiger partial charge in [-0.1, -0.05) is 11.8 Å². The van der Waals surface area contributed by atoms with Crippen LogP contribution in [0, 0.1) is 11.3 Å². The maximum absolute atomic E-state index is 13.0. The summed E-state index contributed by atoms with van der Waals surface area (Å²) >= 11 is 1.14. The molecule has 0 atom stereocenters. The maximum atomic E-state index is 13.0. The van der Waals surface area contributed by atoms with E-state index in [-0.39, 0.29) is 18.5 Å². The number of anilines is 2. The van der Waals surface area contributed by atoms with Crippen LogP contribution in [0.15, 0.2) is 59.8 Å². The van der Waals surface area contributed by atoms with Crippen LogP contribution in [0.1, 0.15) is 22.8 Å². The van der Waals surface area contributed by atoms with Gasteiger partial charge in [-0.25, -0.2) is 4.98 Å². The molecule has 2 aromatic carbocycles. The largest absolute Gasteiger partial charge is 0.492 e. The van der Waals surface area contributed by atoms with Crippen LogP contribution in [0.3, 0.4) is 0 Å². The Bertz CT molecular complexity index is 1270. The number of fused-ring (bicyclic) bond motifs is 1. The number of aromatic nitrogens is 1. The molecule has 2 amide bonds. The lowest BCUT2D eigenvalue weighted by molar-refractivity contribution is -0.113. The van der Waals surface area contributed by atoms with Crippen molar-refractivity contribution in [3.05, 3.63) is 65.9 Å². The number of benzene rings is 2. The third kappa shape index (κ3) is 5.39. The van der Waals surface area contributed by atoms with E-state index in [2.05, 4.69) is 15.6 Å². The molecule has 0 radical (unpaired) electrons. The number of amides is 2. The van der Waals surface area contributed by atoms with Crippen LogP contribution in [-0.2, 0) is 4.79 Å². The summed E-state index contributed by atoms with van der Waals surface area (Å²) in [6.45, 7) is 2.38. The molecule has 0 bridgehead atoms. The molecule has 3 aromatic rings. The molecular formula is C24H20N4O5S. The molecule has 0 fully saturated rings. The van der Waals surface area contributed by atoms with Crippen molar-refractivity contribution in [2.75, 3.05) is 29.8 Å². The number of ether oxygens (including phenoxy) is 3. The smallest absolute Gasteiger partial charge is 0.258 e. The summed E-state index contributed by atoms with van der Waals surface area (Å²) in [7, 11) is 0. The third-order valence-electron chi connectivity index (χ3n) is 4.67. The average molecular weight is 477 g/mol. The highest BCUT2D eigenvalue weighted by Gasteiger charge is 2.18. The van der Waals surface area contributed by atoms with Gasteiger partial charge in [0, 0.05) is 18.0 Å². The molecule has 0 unspecified atom stereocenters. The molecule has 0 spiro atoms. The van der Waals surface area contributed by atoms with Crippen molar-refractivity contribution < 1.29 is 23.8 Å². The van der Waals surface area contributed by atoms with Crippen LogP contribution in [0.4, 0.5) is 11.4 Å². The van der Waals surface area contributed by atoms with Gasteiger partial charge < -0.3 is 24.8 Å². The Morgan fingerprint density at radius 3 is 2.82 bits per heavy atom. The average Bonchev–Trinajstić information content (AvgIpc) is 3.32. The van der Waals surface area contributed by atoms with E-state index < -0.39 is 5.91 Å². The van der Waals surface area contributed by atoms with E-state index in [1.54, 1.807) is 54.7 Å². The van der Waals surface area contributed by atoms with E-state index in [1.165, 1.54) is 0 Å². The van der Waals surface area contributed by atoms with Crippen molar-refractivity contribution >= 4 is 35.0 Å². The summed E-state index contributed by atoms with van der Waals surface area (Å²) < 4.78 is 16.1. The SMILES string of the molecule is CCOc1ccc(C#N)cc1NC(=O)c1cccnc1SCC(=O)Nc1ccc2c(c1)OCO2. The summed E-state index contributed by atoms with van der Waals surface area (Å²) in [6.07, 6.45) is 1.55. The number of hydrogen-bond acceptors (Lipinski definition) is 8. The number of hydrogen-bond donors (Lipinski definition) is 2. The van der Waals surface area contributed by atoms with Gasteiger partial charge in [-0.2, -0.15) is 5.26 Å². The van der Waals surface area contributed by atoms with Crippen LogP contribution < -0.4 is 24.8 Å². The van der Waals surface area contributed by atoms with Crippen molar-refractivity contribution in [2.24, 2.45) is 0 Å². The van der Waals surface area contributed by atoms with Gasteiger partial charge >= 0.3 is 0 Å². The predicted octanol–water partition coefficient (Wildman–Crippen LogP) is 4.06. The second-order valence-electron chi connectivity index (χ2n) is 6.97. The summed E-state index contributed by atoms with van der Waals surface area (Å²) in [5, 5.41) is 15.2. The molecule has 0 saturated carbocycles.